The third kappa shape index (κ3) is 3.49. The Balaban J connectivity index is 2.10. The van der Waals surface area contributed by atoms with Crippen molar-refractivity contribution in [2.45, 2.75) is 0 Å². The minimum atomic E-state index is -1.08. The molecule has 0 atom stereocenters. The van der Waals surface area contributed by atoms with Crippen molar-refractivity contribution >= 4 is 0 Å². The first-order chi connectivity index (χ1) is 16.8. The molecule has 0 radical (unpaired) electrons. The molecule has 0 fully saturated rings. The molecule has 0 heterocycles. The molecule has 12 nitrogen and oxygen atoms in total. The van der Waals surface area contributed by atoms with E-state index in [2.05, 4.69) is 0 Å². The van der Waals surface area contributed by atoms with Gasteiger partial charge in [0, 0.05) is 36.4 Å². The van der Waals surface area contributed by atoms with Crippen molar-refractivity contribution in [1.29, 1.82) is 0 Å². The zero-order valence-electron chi connectivity index (χ0n) is 17.8. The van der Waals surface area contributed by atoms with E-state index in [1.807, 2.05) is 0 Å². The second kappa shape index (κ2) is 8.06. The van der Waals surface area contributed by atoms with Crippen LogP contribution in [0.3, 0.4) is 0 Å². The SMILES string of the molecule is Oc1cc(O)c(-c2c(O)cc(O)c(-c3c(O)cc(O)c(-c4c(O)cc(O)cc4O)c3O)c2O)c(O)c1. The van der Waals surface area contributed by atoms with E-state index in [-0.39, 0.29) is 0 Å². The van der Waals surface area contributed by atoms with Gasteiger partial charge in [0.25, 0.3) is 0 Å². The standard InChI is InChI=1S/C24H18O12/c25-7-1-9(27)17(10(28)2-7)19-13(31)5-15(33)21(23(19)35)22-16(34)6-14(32)20(24(22)36)18-11(29)3-8(26)4-12(18)30/h1-6,25-36H. The highest BCUT2D eigenvalue weighted by molar-refractivity contribution is 6.00. The zero-order chi connectivity index (χ0) is 26.6. The van der Waals surface area contributed by atoms with Crippen LogP contribution in [0.4, 0.5) is 0 Å². The van der Waals surface area contributed by atoms with E-state index in [1.54, 1.807) is 0 Å². The highest BCUT2D eigenvalue weighted by atomic mass is 16.3. The van der Waals surface area contributed by atoms with Gasteiger partial charge in [-0.2, -0.15) is 0 Å². The van der Waals surface area contributed by atoms with Gasteiger partial charge in [-0.05, 0) is 0 Å². The maximum absolute atomic E-state index is 11.0. The fourth-order valence-electron chi connectivity index (χ4n) is 3.98. The van der Waals surface area contributed by atoms with Crippen LogP contribution in [0.2, 0.25) is 0 Å². The highest BCUT2D eigenvalue weighted by Gasteiger charge is 2.31. The molecule has 0 saturated heterocycles. The van der Waals surface area contributed by atoms with Crippen molar-refractivity contribution in [3.8, 4) is 102 Å². The molecule has 4 aromatic rings. The summed E-state index contributed by atoms with van der Waals surface area (Å²) in [6, 6.07) is 4.43. The molecule has 0 spiro atoms. The minimum Gasteiger partial charge on any atom is -0.508 e. The van der Waals surface area contributed by atoms with Gasteiger partial charge < -0.3 is 61.3 Å². The van der Waals surface area contributed by atoms with Crippen molar-refractivity contribution < 1.29 is 61.3 Å². The Morgan fingerprint density at radius 3 is 0.694 bits per heavy atom. The Morgan fingerprint density at radius 1 is 0.250 bits per heavy atom. The lowest BCUT2D eigenvalue weighted by Gasteiger charge is -2.19. The molecule has 12 heteroatoms. The number of rotatable bonds is 3. The summed E-state index contributed by atoms with van der Waals surface area (Å²) in [4.78, 5) is 0. The van der Waals surface area contributed by atoms with Crippen molar-refractivity contribution in [3.05, 3.63) is 36.4 Å². The van der Waals surface area contributed by atoms with Crippen LogP contribution in [0.5, 0.6) is 69.0 Å². The molecule has 4 aromatic carbocycles. The van der Waals surface area contributed by atoms with Gasteiger partial charge in [0.15, 0.2) is 0 Å². The Morgan fingerprint density at radius 2 is 0.444 bits per heavy atom. The van der Waals surface area contributed by atoms with Gasteiger partial charge in [0.1, 0.15) is 69.0 Å². The molecule has 0 unspecified atom stereocenters. The summed E-state index contributed by atoms with van der Waals surface area (Å²) in [6.07, 6.45) is 0. The van der Waals surface area contributed by atoms with Gasteiger partial charge in [-0.15, -0.1) is 0 Å². The van der Waals surface area contributed by atoms with E-state index in [9.17, 15) is 61.3 Å². The van der Waals surface area contributed by atoms with Gasteiger partial charge in [0.05, 0.1) is 33.4 Å². The summed E-state index contributed by atoms with van der Waals surface area (Å²) in [6.45, 7) is 0. The first-order valence-corrected chi connectivity index (χ1v) is 9.90. The fourth-order valence-corrected chi connectivity index (χ4v) is 3.98. The average Bonchev–Trinajstić information content (AvgIpc) is 2.73. The molecule has 0 amide bonds. The van der Waals surface area contributed by atoms with Gasteiger partial charge in [-0.25, -0.2) is 0 Å². The third-order valence-corrected chi connectivity index (χ3v) is 5.43. The molecule has 0 aliphatic carbocycles. The second-order valence-corrected chi connectivity index (χ2v) is 7.74. The van der Waals surface area contributed by atoms with Crippen LogP contribution in [-0.4, -0.2) is 61.3 Å². The molecule has 0 bridgehead atoms. The summed E-state index contributed by atoms with van der Waals surface area (Å²) in [7, 11) is 0. The molecule has 186 valence electrons. The third-order valence-electron chi connectivity index (χ3n) is 5.43. The zero-order valence-corrected chi connectivity index (χ0v) is 17.8. The summed E-state index contributed by atoms with van der Waals surface area (Å²) in [5.74, 6) is -10.0. The molecule has 0 saturated carbocycles. The van der Waals surface area contributed by atoms with Crippen LogP contribution in [0.1, 0.15) is 0 Å². The number of aromatic hydroxyl groups is 12. The Hall–Kier alpha value is -5.52. The summed E-state index contributed by atoms with van der Waals surface area (Å²) in [5, 5.41) is 124. The largest absolute Gasteiger partial charge is 0.508 e. The number of phenolic OH excluding ortho intramolecular Hbond substituents is 12. The smallest absolute Gasteiger partial charge is 0.139 e. The minimum absolute atomic E-state index is 0.557. The van der Waals surface area contributed by atoms with Crippen molar-refractivity contribution in [2.24, 2.45) is 0 Å². The summed E-state index contributed by atoms with van der Waals surface area (Å²) >= 11 is 0. The van der Waals surface area contributed by atoms with E-state index >= 15 is 0 Å². The Labute approximate surface area is 200 Å². The summed E-state index contributed by atoms with van der Waals surface area (Å²) in [5.41, 5.74) is -4.05. The van der Waals surface area contributed by atoms with Crippen LogP contribution in [0.25, 0.3) is 33.4 Å². The Kier molecular flexibility index (Phi) is 5.29. The van der Waals surface area contributed by atoms with Gasteiger partial charge >= 0.3 is 0 Å². The first kappa shape index (κ1) is 23.6. The second-order valence-electron chi connectivity index (χ2n) is 7.74. The predicted molar refractivity (Wildman–Crippen MR) is 123 cm³/mol. The van der Waals surface area contributed by atoms with Crippen LogP contribution in [0, 0.1) is 0 Å². The molecular weight excluding hydrogens is 480 g/mol. The first-order valence-electron chi connectivity index (χ1n) is 9.90. The molecule has 0 aromatic heterocycles. The monoisotopic (exact) mass is 498 g/mol. The lowest BCUT2D eigenvalue weighted by Crippen LogP contribution is -1.92. The molecular formula is C24H18O12. The predicted octanol–water partition coefficient (Wildman–Crippen LogP) is 3.15. The molecule has 36 heavy (non-hydrogen) atoms. The lowest BCUT2D eigenvalue weighted by molar-refractivity contribution is 0.414. The number of benzene rings is 4. The van der Waals surface area contributed by atoms with Gasteiger partial charge in [0.2, 0.25) is 0 Å². The van der Waals surface area contributed by atoms with Crippen molar-refractivity contribution in [2.75, 3.05) is 0 Å². The quantitative estimate of drug-likeness (QED) is 0.195. The number of hydrogen-bond acceptors (Lipinski definition) is 12. The summed E-state index contributed by atoms with van der Waals surface area (Å²) < 4.78 is 0. The maximum atomic E-state index is 11.0. The highest BCUT2D eigenvalue weighted by Crippen LogP contribution is 2.59. The van der Waals surface area contributed by atoms with Crippen molar-refractivity contribution in [1.82, 2.24) is 0 Å². The fraction of sp³-hybridized carbons (Fsp3) is 0. The van der Waals surface area contributed by atoms with Crippen LogP contribution >= 0.6 is 0 Å². The van der Waals surface area contributed by atoms with E-state index in [0.717, 1.165) is 24.3 Å². The number of hydrogen-bond donors (Lipinski definition) is 12. The normalized spacial score (nSPS) is 11.0. The molecule has 0 aliphatic rings. The molecule has 0 aliphatic heterocycles. The van der Waals surface area contributed by atoms with E-state index in [4.69, 9.17) is 0 Å². The van der Waals surface area contributed by atoms with Crippen LogP contribution < -0.4 is 0 Å². The Bertz CT molecular complexity index is 1400. The molecule has 12 N–H and O–H groups in total. The molecule has 4 rings (SSSR count). The van der Waals surface area contributed by atoms with E-state index in [0.29, 0.717) is 12.1 Å². The average molecular weight is 498 g/mol. The van der Waals surface area contributed by atoms with E-state index in [1.165, 1.54) is 0 Å². The van der Waals surface area contributed by atoms with E-state index < -0.39 is 102 Å². The van der Waals surface area contributed by atoms with Crippen LogP contribution in [0.15, 0.2) is 36.4 Å². The topological polar surface area (TPSA) is 243 Å². The maximum Gasteiger partial charge on any atom is 0.139 e. The van der Waals surface area contributed by atoms with Crippen LogP contribution in [-0.2, 0) is 0 Å². The van der Waals surface area contributed by atoms with Gasteiger partial charge in [-0.3, -0.25) is 0 Å². The van der Waals surface area contributed by atoms with Gasteiger partial charge in [-0.1, -0.05) is 0 Å². The van der Waals surface area contributed by atoms with Crippen molar-refractivity contribution in [3.63, 3.8) is 0 Å². The number of phenols is 12. The lowest BCUT2D eigenvalue weighted by atomic mass is 9.90.